The lowest BCUT2D eigenvalue weighted by Gasteiger charge is -2.24. The normalized spacial score (nSPS) is 20.1. The topological polar surface area (TPSA) is 110 Å². The number of anilines is 1. The van der Waals surface area contributed by atoms with Gasteiger partial charge in [0.2, 0.25) is 11.8 Å². The molecule has 196 valence electrons. The molecule has 1 aromatic heterocycles. The zero-order chi connectivity index (χ0) is 27.1. The van der Waals surface area contributed by atoms with Crippen LogP contribution >= 0.6 is 0 Å². The summed E-state index contributed by atoms with van der Waals surface area (Å²) in [5.41, 5.74) is 0.332. The number of allylic oxidation sites excluding steroid dienone is 4. The van der Waals surface area contributed by atoms with Crippen LogP contribution in [0.15, 0.2) is 51.1 Å². The van der Waals surface area contributed by atoms with E-state index in [0.717, 1.165) is 11.9 Å². The van der Waals surface area contributed by atoms with Crippen LogP contribution in [0.1, 0.15) is 33.1 Å². The van der Waals surface area contributed by atoms with Gasteiger partial charge in [-0.15, -0.1) is 10.2 Å². The standard InChI is InChI=1S/C24H23F4N5O4/c1-11-5-6-14(24(4,27)28)9-17(11)29-20(34)19-12(2)32-33(22(19)35)15-7-8-18(37-23(25)26)16(10-15)21-31-30-13(3)36-21/h6-11,19,23H,5H2,1-4H3,(H,29,34). The molecule has 9 nitrogen and oxygen atoms in total. The smallest absolute Gasteiger partial charge is 0.387 e. The highest BCUT2D eigenvalue weighted by molar-refractivity contribution is 6.26. The first kappa shape index (κ1) is 26.0. The summed E-state index contributed by atoms with van der Waals surface area (Å²) in [6, 6.07) is 3.80. The number of halogens is 4. The van der Waals surface area contributed by atoms with Gasteiger partial charge in [-0.25, -0.2) is 8.78 Å². The van der Waals surface area contributed by atoms with Gasteiger partial charge in [0.25, 0.3) is 17.7 Å². The van der Waals surface area contributed by atoms with Gasteiger partial charge in [0.05, 0.1) is 17.0 Å². The van der Waals surface area contributed by atoms with E-state index in [0.29, 0.717) is 6.42 Å². The zero-order valence-corrected chi connectivity index (χ0v) is 20.3. The Morgan fingerprint density at radius 2 is 2.00 bits per heavy atom. The number of aromatic nitrogens is 2. The van der Waals surface area contributed by atoms with Crippen LogP contribution in [0.5, 0.6) is 5.75 Å². The van der Waals surface area contributed by atoms with Crippen LogP contribution in [0.25, 0.3) is 11.5 Å². The molecule has 0 radical (unpaired) electrons. The Balaban J connectivity index is 1.60. The first-order chi connectivity index (χ1) is 17.3. The number of hydrogen-bond donors (Lipinski definition) is 1. The van der Waals surface area contributed by atoms with Crippen LogP contribution in [0, 0.1) is 18.8 Å². The minimum Gasteiger partial charge on any atom is -0.434 e. The second-order valence-electron chi connectivity index (χ2n) is 8.78. The fraction of sp³-hybridized carbons (Fsp3) is 0.375. The average molecular weight is 521 g/mol. The van der Waals surface area contributed by atoms with Crippen LogP contribution < -0.4 is 15.1 Å². The van der Waals surface area contributed by atoms with E-state index >= 15 is 0 Å². The van der Waals surface area contributed by atoms with Crippen LogP contribution in [0.4, 0.5) is 23.2 Å². The van der Waals surface area contributed by atoms with Gasteiger partial charge in [-0.3, -0.25) is 9.59 Å². The molecule has 2 amide bonds. The maximum Gasteiger partial charge on any atom is 0.387 e. The molecule has 0 fully saturated rings. The van der Waals surface area contributed by atoms with Crippen molar-refractivity contribution in [3.8, 4) is 17.2 Å². The van der Waals surface area contributed by atoms with Crippen molar-refractivity contribution < 1.29 is 36.3 Å². The van der Waals surface area contributed by atoms with E-state index in [1.54, 1.807) is 6.92 Å². The quantitative estimate of drug-likeness (QED) is 0.421. The van der Waals surface area contributed by atoms with E-state index in [9.17, 15) is 27.2 Å². The number of nitrogens with one attached hydrogen (secondary N) is 1. The maximum absolute atomic E-state index is 13.8. The van der Waals surface area contributed by atoms with Crippen molar-refractivity contribution in [2.24, 2.45) is 16.9 Å². The van der Waals surface area contributed by atoms with Crippen LogP contribution in [0.3, 0.4) is 0 Å². The number of rotatable bonds is 7. The van der Waals surface area contributed by atoms with E-state index < -0.39 is 30.3 Å². The summed E-state index contributed by atoms with van der Waals surface area (Å²) < 4.78 is 63.3. The molecule has 0 bridgehead atoms. The number of ether oxygens (including phenoxy) is 1. The van der Waals surface area contributed by atoms with Crippen LogP contribution in [-0.2, 0) is 9.59 Å². The molecule has 0 saturated heterocycles. The van der Waals surface area contributed by atoms with E-state index in [2.05, 4.69) is 25.4 Å². The van der Waals surface area contributed by atoms with Crippen molar-refractivity contribution >= 4 is 23.2 Å². The van der Waals surface area contributed by atoms with Gasteiger partial charge in [0.15, 0.2) is 5.92 Å². The van der Waals surface area contributed by atoms with Crippen LogP contribution in [0.2, 0.25) is 0 Å². The van der Waals surface area contributed by atoms with Crippen molar-refractivity contribution in [2.45, 2.75) is 46.6 Å². The summed E-state index contributed by atoms with van der Waals surface area (Å²) in [5, 5.41) is 15.2. The summed E-state index contributed by atoms with van der Waals surface area (Å²) in [7, 11) is 0. The third-order valence-electron chi connectivity index (χ3n) is 5.88. The second kappa shape index (κ2) is 9.79. The third-order valence-corrected chi connectivity index (χ3v) is 5.88. The fourth-order valence-corrected chi connectivity index (χ4v) is 3.95. The molecule has 2 aromatic rings. The molecule has 2 heterocycles. The summed E-state index contributed by atoms with van der Waals surface area (Å²) >= 11 is 0. The summed E-state index contributed by atoms with van der Waals surface area (Å²) in [4.78, 5) is 26.3. The average Bonchev–Trinajstić information content (AvgIpc) is 3.36. The highest BCUT2D eigenvalue weighted by Crippen LogP contribution is 2.36. The molecule has 1 aromatic carbocycles. The van der Waals surface area contributed by atoms with E-state index in [1.807, 2.05) is 0 Å². The van der Waals surface area contributed by atoms with Gasteiger partial charge in [-0.05, 0) is 43.5 Å². The number of hydrogen-bond acceptors (Lipinski definition) is 7. The number of carbonyl (C=O) groups excluding carboxylic acids is 2. The molecule has 0 saturated carbocycles. The first-order valence-corrected chi connectivity index (χ1v) is 11.2. The number of alkyl halides is 4. The molecule has 4 rings (SSSR count). The summed E-state index contributed by atoms with van der Waals surface area (Å²) in [6.45, 7) is 2.39. The lowest BCUT2D eigenvalue weighted by molar-refractivity contribution is -0.129. The monoisotopic (exact) mass is 521 g/mol. The lowest BCUT2D eigenvalue weighted by Crippen LogP contribution is -2.41. The molecule has 13 heteroatoms. The molecular weight excluding hydrogens is 498 g/mol. The third kappa shape index (κ3) is 5.39. The molecule has 2 unspecified atom stereocenters. The fourth-order valence-electron chi connectivity index (χ4n) is 3.95. The molecule has 2 atom stereocenters. The second-order valence-corrected chi connectivity index (χ2v) is 8.78. The molecule has 0 spiro atoms. The highest BCUT2D eigenvalue weighted by atomic mass is 19.3. The molecule has 1 aliphatic heterocycles. The first-order valence-electron chi connectivity index (χ1n) is 11.2. The van der Waals surface area contributed by atoms with E-state index in [1.165, 1.54) is 44.2 Å². The predicted molar refractivity (Wildman–Crippen MR) is 124 cm³/mol. The maximum atomic E-state index is 13.8. The van der Waals surface area contributed by atoms with Gasteiger partial charge < -0.3 is 14.5 Å². The Bertz CT molecular complexity index is 1330. The van der Waals surface area contributed by atoms with Crippen molar-refractivity contribution in [1.82, 2.24) is 15.5 Å². The number of carbonyl (C=O) groups is 2. The Kier molecular flexibility index (Phi) is 6.89. The van der Waals surface area contributed by atoms with Gasteiger partial charge in [0, 0.05) is 25.1 Å². The zero-order valence-electron chi connectivity index (χ0n) is 20.3. The Morgan fingerprint density at radius 1 is 1.27 bits per heavy atom. The van der Waals surface area contributed by atoms with E-state index in [4.69, 9.17) is 4.42 Å². The lowest BCUT2D eigenvalue weighted by atomic mass is 9.91. The SMILES string of the molecule is CC1=NN(c2ccc(OC(F)F)c(-c3nnc(C)o3)c2)C(=O)C1C(=O)NC1=CC(C(C)(F)F)=CCC1C. The minimum atomic E-state index is -3.13. The van der Waals surface area contributed by atoms with Gasteiger partial charge in [-0.2, -0.15) is 18.9 Å². The van der Waals surface area contributed by atoms with Crippen molar-refractivity contribution in [3.63, 3.8) is 0 Å². The number of hydrazone groups is 1. The largest absolute Gasteiger partial charge is 0.434 e. The number of nitrogens with zero attached hydrogens (tertiary/aromatic N) is 4. The van der Waals surface area contributed by atoms with Crippen molar-refractivity contribution in [3.05, 3.63) is 47.5 Å². The molecular formula is C24H23F4N5O4. The van der Waals surface area contributed by atoms with E-state index in [-0.39, 0.29) is 51.7 Å². The highest BCUT2D eigenvalue weighted by Gasteiger charge is 2.41. The van der Waals surface area contributed by atoms with Crippen molar-refractivity contribution in [2.75, 3.05) is 5.01 Å². The number of amides is 2. The summed E-state index contributed by atoms with van der Waals surface area (Å²) in [5.74, 6) is -6.30. The predicted octanol–water partition coefficient (Wildman–Crippen LogP) is 4.61. The number of aryl methyl sites for hydroxylation is 1. The minimum absolute atomic E-state index is 0.00653. The van der Waals surface area contributed by atoms with Crippen LogP contribution in [-0.4, -0.2) is 40.3 Å². The van der Waals surface area contributed by atoms with Gasteiger partial charge in [0.1, 0.15) is 5.75 Å². The Morgan fingerprint density at radius 3 is 2.62 bits per heavy atom. The van der Waals surface area contributed by atoms with Gasteiger partial charge in [-0.1, -0.05) is 13.0 Å². The summed E-state index contributed by atoms with van der Waals surface area (Å²) in [6.07, 6.45) is 2.93. The van der Waals surface area contributed by atoms with Crippen molar-refractivity contribution in [1.29, 1.82) is 0 Å². The Labute approximate surface area is 208 Å². The molecule has 1 aliphatic carbocycles. The Hall–Kier alpha value is -4.03. The van der Waals surface area contributed by atoms with Gasteiger partial charge >= 0.3 is 6.61 Å². The molecule has 37 heavy (non-hydrogen) atoms. The number of benzene rings is 1. The molecule has 1 N–H and O–H groups in total. The molecule has 2 aliphatic rings.